The number of para-hydroxylation sites is 1. The van der Waals surface area contributed by atoms with E-state index < -0.39 is 21.7 Å². The largest absolute Gasteiger partial charge is 0.359 e. The number of anilines is 1. The number of alkyl halides is 3. The van der Waals surface area contributed by atoms with E-state index in [9.17, 15) is 9.18 Å². The molecule has 2 rings (SSSR count). The third kappa shape index (κ3) is 4.99. The third-order valence-corrected chi connectivity index (χ3v) is 3.74. The topological polar surface area (TPSA) is 41.1 Å². The van der Waals surface area contributed by atoms with Crippen LogP contribution in [0.4, 0.5) is 10.1 Å². The molecule has 0 aliphatic carbocycles. The summed E-state index contributed by atoms with van der Waals surface area (Å²) in [6.45, 7) is 1.91. The number of carbonyl (C=O) groups is 1. The summed E-state index contributed by atoms with van der Waals surface area (Å²) in [6.07, 6.45) is -1.11. The van der Waals surface area contributed by atoms with Crippen molar-refractivity contribution < 1.29 is 9.18 Å². The van der Waals surface area contributed by atoms with Gasteiger partial charge in [-0.3, -0.25) is 4.79 Å². The molecule has 0 saturated carbocycles. The minimum absolute atomic E-state index is 0.119. The van der Waals surface area contributed by atoms with Gasteiger partial charge in [0.1, 0.15) is 12.0 Å². The van der Waals surface area contributed by atoms with E-state index in [0.29, 0.717) is 5.56 Å². The maximum Gasteiger partial charge on any atom is 0.252 e. The molecule has 0 bridgehead atoms. The number of aryl methyl sites for hydroxylation is 1. The van der Waals surface area contributed by atoms with E-state index in [-0.39, 0.29) is 5.69 Å². The van der Waals surface area contributed by atoms with Crippen molar-refractivity contribution in [2.45, 2.75) is 16.9 Å². The van der Waals surface area contributed by atoms with Gasteiger partial charge in [0.25, 0.3) is 5.91 Å². The predicted molar refractivity (Wildman–Crippen MR) is 92.7 cm³/mol. The molecule has 0 fully saturated rings. The zero-order valence-electron chi connectivity index (χ0n) is 12.1. The molecular weight excluding hydrogens is 362 g/mol. The fourth-order valence-electron chi connectivity index (χ4n) is 1.85. The maximum atomic E-state index is 13.7. The molecule has 122 valence electrons. The molecule has 3 nitrogen and oxygen atoms in total. The Bertz CT molecular complexity index is 686. The van der Waals surface area contributed by atoms with E-state index in [2.05, 4.69) is 10.6 Å². The van der Waals surface area contributed by atoms with Crippen LogP contribution in [0.25, 0.3) is 0 Å². The Morgan fingerprint density at radius 1 is 1.09 bits per heavy atom. The van der Waals surface area contributed by atoms with Gasteiger partial charge in [0, 0.05) is 5.56 Å². The Balaban J connectivity index is 2.18. The summed E-state index contributed by atoms with van der Waals surface area (Å²) in [7, 11) is 0. The Hall–Kier alpha value is -1.49. The van der Waals surface area contributed by atoms with Crippen molar-refractivity contribution in [1.82, 2.24) is 5.32 Å². The van der Waals surface area contributed by atoms with Crippen molar-refractivity contribution in [2.24, 2.45) is 0 Å². The molecule has 0 aliphatic heterocycles. The van der Waals surface area contributed by atoms with Gasteiger partial charge in [0.2, 0.25) is 3.79 Å². The third-order valence-electron chi connectivity index (χ3n) is 3.09. The van der Waals surface area contributed by atoms with Crippen LogP contribution >= 0.6 is 34.8 Å². The van der Waals surface area contributed by atoms with Crippen LogP contribution in [0.1, 0.15) is 15.9 Å². The molecule has 23 heavy (non-hydrogen) atoms. The van der Waals surface area contributed by atoms with E-state index in [0.717, 1.165) is 5.56 Å². The van der Waals surface area contributed by atoms with Crippen LogP contribution in [0.5, 0.6) is 0 Å². The van der Waals surface area contributed by atoms with Crippen molar-refractivity contribution in [3.05, 3.63) is 65.5 Å². The molecule has 0 heterocycles. The van der Waals surface area contributed by atoms with Crippen LogP contribution in [0.2, 0.25) is 0 Å². The van der Waals surface area contributed by atoms with Crippen molar-refractivity contribution in [3.63, 3.8) is 0 Å². The first-order valence-corrected chi connectivity index (χ1v) is 7.86. The highest BCUT2D eigenvalue weighted by Crippen LogP contribution is 2.31. The summed E-state index contributed by atoms with van der Waals surface area (Å²) in [5.74, 6) is -0.957. The van der Waals surface area contributed by atoms with Crippen LogP contribution in [-0.2, 0) is 0 Å². The van der Waals surface area contributed by atoms with Crippen LogP contribution in [0, 0.1) is 12.7 Å². The lowest BCUT2D eigenvalue weighted by atomic mass is 10.1. The van der Waals surface area contributed by atoms with Gasteiger partial charge in [-0.1, -0.05) is 64.6 Å². The normalized spacial score (nSPS) is 12.6. The van der Waals surface area contributed by atoms with Gasteiger partial charge < -0.3 is 10.6 Å². The fraction of sp³-hybridized carbons (Fsp3) is 0.188. The highest BCUT2D eigenvalue weighted by Gasteiger charge is 2.34. The van der Waals surface area contributed by atoms with Crippen LogP contribution in [0.15, 0.2) is 48.5 Å². The molecule has 1 amide bonds. The predicted octanol–water partition coefficient (Wildman–Crippen LogP) is 4.67. The van der Waals surface area contributed by atoms with Gasteiger partial charge in [-0.05, 0) is 31.2 Å². The number of hydrogen-bond acceptors (Lipinski definition) is 2. The van der Waals surface area contributed by atoms with Gasteiger partial charge in [0.05, 0.1) is 5.69 Å². The molecule has 2 N–H and O–H groups in total. The number of nitrogens with one attached hydrogen (secondary N) is 2. The zero-order valence-corrected chi connectivity index (χ0v) is 14.4. The maximum absolute atomic E-state index is 13.7. The number of amides is 1. The SMILES string of the molecule is Cc1ccc(C(=O)N[C@H](Nc2ccccc2F)C(Cl)(Cl)Cl)cc1. The van der Waals surface area contributed by atoms with Crippen LogP contribution in [-0.4, -0.2) is 15.9 Å². The lowest BCUT2D eigenvalue weighted by Gasteiger charge is -2.27. The average Bonchev–Trinajstić information content (AvgIpc) is 2.48. The fourth-order valence-corrected chi connectivity index (χ4v) is 2.18. The minimum atomic E-state index is -1.87. The molecule has 0 aliphatic rings. The van der Waals surface area contributed by atoms with Gasteiger partial charge in [-0.2, -0.15) is 0 Å². The van der Waals surface area contributed by atoms with Crippen molar-refractivity contribution >= 4 is 46.4 Å². The molecule has 1 atom stereocenters. The molecule has 2 aromatic rings. The van der Waals surface area contributed by atoms with Gasteiger partial charge in [-0.15, -0.1) is 0 Å². The summed E-state index contributed by atoms with van der Waals surface area (Å²) >= 11 is 17.7. The molecule has 7 heteroatoms. The van der Waals surface area contributed by atoms with Crippen molar-refractivity contribution in [1.29, 1.82) is 0 Å². The van der Waals surface area contributed by atoms with Gasteiger partial charge >= 0.3 is 0 Å². The average molecular weight is 376 g/mol. The molecule has 0 radical (unpaired) electrons. The molecule has 0 aromatic heterocycles. The number of halogens is 4. The molecule has 0 spiro atoms. The van der Waals surface area contributed by atoms with E-state index >= 15 is 0 Å². The van der Waals surface area contributed by atoms with E-state index in [1.807, 2.05) is 6.92 Å². The monoisotopic (exact) mass is 374 g/mol. The standard InChI is InChI=1S/C16H14Cl3FN2O/c1-10-6-8-11(9-7-10)14(23)22-15(16(17,18)19)21-13-5-3-2-4-12(13)20/h2-9,15,21H,1H3,(H,22,23)/t15-/m0/s1. The first-order valence-electron chi connectivity index (χ1n) is 6.72. The van der Waals surface area contributed by atoms with E-state index in [4.69, 9.17) is 34.8 Å². The van der Waals surface area contributed by atoms with Crippen LogP contribution < -0.4 is 10.6 Å². The number of rotatable bonds is 4. The summed E-state index contributed by atoms with van der Waals surface area (Å²) in [4.78, 5) is 12.3. The quantitative estimate of drug-likeness (QED) is 0.602. The lowest BCUT2D eigenvalue weighted by molar-refractivity contribution is 0.0941. The zero-order chi connectivity index (χ0) is 17.0. The lowest BCUT2D eigenvalue weighted by Crippen LogP contribution is -2.49. The van der Waals surface area contributed by atoms with Crippen molar-refractivity contribution in [2.75, 3.05) is 5.32 Å². The van der Waals surface area contributed by atoms with E-state index in [1.54, 1.807) is 30.3 Å². The van der Waals surface area contributed by atoms with Gasteiger partial charge in [0.15, 0.2) is 0 Å². The molecule has 2 aromatic carbocycles. The molecule has 0 unspecified atom stereocenters. The molecule has 0 saturated heterocycles. The first kappa shape index (κ1) is 17.9. The Morgan fingerprint density at radius 2 is 1.70 bits per heavy atom. The second-order valence-electron chi connectivity index (χ2n) is 4.94. The number of carbonyl (C=O) groups excluding carboxylic acids is 1. The summed E-state index contributed by atoms with van der Waals surface area (Å²) in [6, 6.07) is 12.8. The second kappa shape index (κ2) is 7.39. The Morgan fingerprint density at radius 3 is 2.26 bits per heavy atom. The number of hydrogen-bond donors (Lipinski definition) is 2. The molecular formula is C16H14Cl3FN2O. The highest BCUT2D eigenvalue weighted by atomic mass is 35.6. The first-order chi connectivity index (χ1) is 10.8. The van der Waals surface area contributed by atoms with Crippen molar-refractivity contribution in [3.8, 4) is 0 Å². The second-order valence-corrected chi connectivity index (χ2v) is 7.31. The summed E-state index contributed by atoms with van der Waals surface area (Å²) in [5, 5.41) is 5.25. The van der Waals surface area contributed by atoms with E-state index in [1.165, 1.54) is 18.2 Å². The summed E-state index contributed by atoms with van der Waals surface area (Å²) in [5.41, 5.74) is 1.54. The Labute approximate surface area is 148 Å². The number of benzene rings is 2. The minimum Gasteiger partial charge on any atom is -0.359 e. The van der Waals surface area contributed by atoms with Crippen LogP contribution in [0.3, 0.4) is 0 Å². The summed E-state index contributed by atoms with van der Waals surface area (Å²) < 4.78 is 11.9. The highest BCUT2D eigenvalue weighted by molar-refractivity contribution is 6.68. The van der Waals surface area contributed by atoms with Gasteiger partial charge in [-0.25, -0.2) is 4.39 Å². The smallest absolute Gasteiger partial charge is 0.252 e. The Kier molecular flexibility index (Phi) is 5.74.